The van der Waals surface area contributed by atoms with Gasteiger partial charge in [0.2, 0.25) is 0 Å². The van der Waals surface area contributed by atoms with Crippen LogP contribution in [-0.4, -0.2) is 38.8 Å². The van der Waals surface area contributed by atoms with Gasteiger partial charge < -0.3 is 14.6 Å². The molecule has 4 aromatic rings. The summed E-state index contributed by atoms with van der Waals surface area (Å²) in [6, 6.07) is 23.1. The zero-order valence-corrected chi connectivity index (χ0v) is 22.1. The van der Waals surface area contributed by atoms with Crippen LogP contribution in [0.5, 0.6) is 11.5 Å². The average molecular weight is 527 g/mol. The fourth-order valence-electron chi connectivity index (χ4n) is 4.35. The summed E-state index contributed by atoms with van der Waals surface area (Å²) in [4.78, 5) is 11.2. The van der Waals surface area contributed by atoms with Crippen molar-refractivity contribution in [1.82, 2.24) is 20.6 Å². The molecule has 39 heavy (non-hydrogen) atoms. The number of nitrogens with one attached hydrogen (secondary N) is 1. The summed E-state index contributed by atoms with van der Waals surface area (Å²) in [6.45, 7) is 0.473. The van der Waals surface area contributed by atoms with Crippen LogP contribution in [0.1, 0.15) is 58.6 Å². The van der Waals surface area contributed by atoms with Crippen molar-refractivity contribution in [2.45, 2.75) is 45.1 Å². The third kappa shape index (κ3) is 8.81. The van der Waals surface area contributed by atoms with Crippen molar-refractivity contribution in [2.24, 2.45) is 5.92 Å². The standard InChI is InChI=1S/C31H34N4O4/c1-38-28-20-15-25(16-21-28)22-39-29-8-4-3-7-26(29)17-12-23(6-2-5-9-30-32-34-35-33-30)10-11-24-13-18-27(19-14-24)31(36)37/h3-4,7-8,12-21,23H,2,5-6,9-11,22H2,1H3,(H,36,37)(H,32,33,34,35)/b17-12+. The molecular formula is C31H34N4O4. The Balaban J connectivity index is 1.39. The van der Waals surface area contributed by atoms with Crippen LogP contribution in [0, 0.1) is 5.92 Å². The van der Waals surface area contributed by atoms with E-state index in [1.54, 1.807) is 19.2 Å². The number of hydrogen-bond acceptors (Lipinski definition) is 6. The molecule has 0 bridgehead atoms. The van der Waals surface area contributed by atoms with Crippen LogP contribution >= 0.6 is 0 Å². The first-order valence-electron chi connectivity index (χ1n) is 13.2. The highest BCUT2D eigenvalue weighted by Crippen LogP contribution is 2.25. The number of carboxylic acid groups (broad SMARTS) is 1. The molecule has 0 saturated carbocycles. The summed E-state index contributed by atoms with van der Waals surface area (Å²) >= 11 is 0. The zero-order valence-electron chi connectivity index (χ0n) is 22.1. The van der Waals surface area contributed by atoms with Gasteiger partial charge in [-0.05, 0) is 73.1 Å². The SMILES string of the molecule is COc1ccc(COc2ccccc2/C=C/C(CCCCc2nn[nH]n2)CCc2ccc(C(=O)O)cc2)cc1. The number of methoxy groups -OCH3 is 1. The van der Waals surface area contributed by atoms with E-state index >= 15 is 0 Å². The third-order valence-electron chi connectivity index (χ3n) is 6.64. The lowest BCUT2D eigenvalue weighted by atomic mass is 9.92. The van der Waals surface area contributed by atoms with Gasteiger partial charge in [0, 0.05) is 12.0 Å². The van der Waals surface area contributed by atoms with Crippen molar-refractivity contribution in [3.8, 4) is 11.5 Å². The van der Waals surface area contributed by atoms with E-state index in [1.165, 1.54) is 0 Å². The maximum absolute atomic E-state index is 11.2. The zero-order chi connectivity index (χ0) is 27.3. The Morgan fingerprint density at radius 2 is 1.72 bits per heavy atom. The van der Waals surface area contributed by atoms with Crippen LogP contribution in [0.25, 0.3) is 6.08 Å². The third-order valence-corrected chi connectivity index (χ3v) is 6.64. The number of nitrogens with zero attached hydrogens (tertiary/aromatic N) is 3. The van der Waals surface area contributed by atoms with E-state index < -0.39 is 5.97 Å². The number of allylic oxidation sites excluding steroid dienone is 1. The summed E-state index contributed by atoms with van der Waals surface area (Å²) in [5.74, 6) is 1.84. The van der Waals surface area contributed by atoms with Crippen LogP contribution in [0.15, 0.2) is 78.9 Å². The maximum atomic E-state index is 11.2. The summed E-state index contributed by atoms with van der Waals surface area (Å²) in [7, 11) is 1.66. The van der Waals surface area contributed by atoms with Gasteiger partial charge in [0.1, 0.15) is 18.1 Å². The number of carbonyl (C=O) groups is 1. The quantitative estimate of drug-likeness (QED) is 0.178. The van der Waals surface area contributed by atoms with Crippen molar-refractivity contribution in [3.63, 3.8) is 0 Å². The number of tetrazole rings is 1. The van der Waals surface area contributed by atoms with Gasteiger partial charge in [0.25, 0.3) is 0 Å². The van der Waals surface area contributed by atoms with Gasteiger partial charge in [-0.1, -0.05) is 66.3 Å². The number of aryl methyl sites for hydroxylation is 2. The van der Waals surface area contributed by atoms with Gasteiger partial charge in [0.05, 0.1) is 12.7 Å². The van der Waals surface area contributed by atoms with Gasteiger partial charge in [-0.25, -0.2) is 4.79 Å². The van der Waals surface area contributed by atoms with E-state index in [4.69, 9.17) is 14.6 Å². The molecular weight excluding hydrogens is 492 g/mol. The molecule has 0 aliphatic carbocycles. The van der Waals surface area contributed by atoms with Crippen LogP contribution < -0.4 is 9.47 Å². The van der Waals surface area contributed by atoms with E-state index in [9.17, 15) is 4.79 Å². The number of para-hydroxylation sites is 1. The lowest BCUT2D eigenvalue weighted by molar-refractivity contribution is 0.0697. The molecule has 4 rings (SSSR count). The first kappa shape index (κ1) is 27.6. The van der Waals surface area contributed by atoms with Gasteiger partial charge >= 0.3 is 5.97 Å². The number of aromatic amines is 1. The Bertz CT molecular complexity index is 1320. The minimum Gasteiger partial charge on any atom is -0.497 e. The predicted octanol–water partition coefficient (Wildman–Crippen LogP) is 6.16. The summed E-state index contributed by atoms with van der Waals surface area (Å²) in [5, 5.41) is 23.4. The van der Waals surface area contributed by atoms with Crippen molar-refractivity contribution >= 4 is 12.0 Å². The molecule has 1 aromatic heterocycles. The first-order valence-corrected chi connectivity index (χ1v) is 13.2. The van der Waals surface area contributed by atoms with Crippen LogP contribution in [0.4, 0.5) is 0 Å². The molecule has 0 amide bonds. The van der Waals surface area contributed by atoms with E-state index in [0.717, 1.165) is 72.5 Å². The molecule has 3 aromatic carbocycles. The van der Waals surface area contributed by atoms with Crippen molar-refractivity contribution in [2.75, 3.05) is 7.11 Å². The molecule has 0 radical (unpaired) electrons. The van der Waals surface area contributed by atoms with E-state index in [2.05, 4.69) is 38.8 Å². The molecule has 0 spiro atoms. The number of rotatable bonds is 15. The lowest BCUT2D eigenvalue weighted by Gasteiger charge is -2.14. The molecule has 0 aliphatic rings. The molecule has 8 heteroatoms. The van der Waals surface area contributed by atoms with E-state index in [-0.39, 0.29) is 0 Å². The number of aromatic carboxylic acids is 1. The number of carboxylic acids is 1. The smallest absolute Gasteiger partial charge is 0.335 e. The number of unbranched alkanes of at least 4 members (excludes halogenated alkanes) is 1. The Morgan fingerprint density at radius 1 is 0.949 bits per heavy atom. The fraction of sp³-hybridized carbons (Fsp3) is 0.290. The molecule has 0 fully saturated rings. The highest BCUT2D eigenvalue weighted by Gasteiger charge is 2.09. The van der Waals surface area contributed by atoms with E-state index in [1.807, 2.05) is 54.6 Å². The second-order valence-electron chi connectivity index (χ2n) is 9.41. The Kier molecular flexibility index (Phi) is 10.2. The van der Waals surface area contributed by atoms with Gasteiger partial charge in [-0.15, -0.1) is 10.2 Å². The highest BCUT2D eigenvalue weighted by molar-refractivity contribution is 5.87. The first-order chi connectivity index (χ1) is 19.1. The Morgan fingerprint density at radius 3 is 2.44 bits per heavy atom. The minimum atomic E-state index is -0.906. The largest absolute Gasteiger partial charge is 0.497 e. The molecule has 1 heterocycles. The Labute approximate surface area is 228 Å². The number of benzene rings is 3. The number of H-pyrrole nitrogens is 1. The molecule has 1 atom stereocenters. The molecule has 1 unspecified atom stereocenters. The molecule has 0 saturated heterocycles. The second-order valence-corrected chi connectivity index (χ2v) is 9.41. The minimum absolute atomic E-state index is 0.308. The van der Waals surface area contributed by atoms with Crippen molar-refractivity contribution in [1.29, 1.82) is 0 Å². The highest BCUT2D eigenvalue weighted by atomic mass is 16.5. The fourth-order valence-corrected chi connectivity index (χ4v) is 4.35. The molecule has 0 aliphatic heterocycles. The van der Waals surface area contributed by atoms with Crippen LogP contribution in [0.3, 0.4) is 0 Å². The summed E-state index contributed by atoms with van der Waals surface area (Å²) < 4.78 is 11.4. The van der Waals surface area contributed by atoms with Crippen LogP contribution in [-0.2, 0) is 19.4 Å². The van der Waals surface area contributed by atoms with Gasteiger partial charge in [-0.3, -0.25) is 0 Å². The maximum Gasteiger partial charge on any atom is 0.335 e. The predicted molar refractivity (Wildman–Crippen MR) is 150 cm³/mol. The molecule has 202 valence electrons. The number of aromatic nitrogens is 4. The summed E-state index contributed by atoms with van der Waals surface area (Å²) in [5.41, 5.74) is 3.55. The number of hydrogen-bond donors (Lipinski definition) is 2. The number of ether oxygens (including phenoxy) is 2. The van der Waals surface area contributed by atoms with Crippen molar-refractivity contribution < 1.29 is 19.4 Å². The second kappa shape index (κ2) is 14.5. The monoisotopic (exact) mass is 526 g/mol. The topological polar surface area (TPSA) is 110 Å². The van der Waals surface area contributed by atoms with Gasteiger partial charge in [-0.2, -0.15) is 5.21 Å². The van der Waals surface area contributed by atoms with E-state index in [0.29, 0.717) is 18.1 Å². The Hall–Kier alpha value is -4.46. The normalized spacial score (nSPS) is 11.9. The average Bonchev–Trinajstić information content (AvgIpc) is 3.50. The summed E-state index contributed by atoms with van der Waals surface area (Å²) in [6.07, 6.45) is 10.1. The lowest BCUT2D eigenvalue weighted by Crippen LogP contribution is -2.02. The molecule has 2 N–H and O–H groups in total. The molecule has 8 nitrogen and oxygen atoms in total. The van der Waals surface area contributed by atoms with Crippen molar-refractivity contribution in [3.05, 3.63) is 107 Å². The van der Waals surface area contributed by atoms with Crippen LogP contribution in [0.2, 0.25) is 0 Å². The van der Waals surface area contributed by atoms with Gasteiger partial charge in [0.15, 0.2) is 5.82 Å².